The van der Waals surface area contributed by atoms with Crippen LogP contribution in [0.3, 0.4) is 0 Å². The van der Waals surface area contributed by atoms with Crippen LogP contribution in [0.25, 0.3) is 6.08 Å². The highest BCUT2D eigenvalue weighted by molar-refractivity contribution is 8.26. The molecule has 0 spiro atoms. The Balaban J connectivity index is 1.63. The van der Waals surface area contributed by atoms with E-state index < -0.39 is 0 Å². The molecular weight excluding hydrogens is 354 g/mol. The first-order valence-electron chi connectivity index (χ1n) is 8.57. The molecule has 1 amide bonds. The standard InChI is InChI=1S/C19H23NOS3/c1-23-16-9-7-15(8-10-16)13-17-18(21)20(19(22)24-17)12-11-14-5-3-2-4-6-14/h7-10,13-14H,2-6,11-12H2,1H3/b17-13-. The number of thiocarbonyl (C=S) groups is 1. The van der Waals surface area contributed by atoms with E-state index in [1.165, 1.54) is 48.8 Å². The first-order chi connectivity index (χ1) is 11.7. The number of rotatable bonds is 5. The van der Waals surface area contributed by atoms with E-state index in [0.29, 0.717) is 4.32 Å². The van der Waals surface area contributed by atoms with Gasteiger partial charge in [-0.05, 0) is 42.4 Å². The number of benzene rings is 1. The Morgan fingerprint density at radius 1 is 1.25 bits per heavy atom. The van der Waals surface area contributed by atoms with Crippen molar-refractivity contribution in [1.82, 2.24) is 4.90 Å². The lowest BCUT2D eigenvalue weighted by Gasteiger charge is -2.23. The summed E-state index contributed by atoms with van der Waals surface area (Å²) in [6.07, 6.45) is 11.8. The highest BCUT2D eigenvalue weighted by Crippen LogP contribution is 2.34. The highest BCUT2D eigenvalue weighted by Gasteiger charge is 2.32. The Hall–Kier alpha value is -0.780. The van der Waals surface area contributed by atoms with Gasteiger partial charge in [0.25, 0.3) is 5.91 Å². The minimum Gasteiger partial charge on any atom is -0.293 e. The molecule has 2 fully saturated rings. The van der Waals surface area contributed by atoms with Gasteiger partial charge in [0.05, 0.1) is 4.91 Å². The van der Waals surface area contributed by atoms with Crippen molar-refractivity contribution in [3.05, 3.63) is 34.7 Å². The molecule has 1 aliphatic heterocycles. The molecule has 5 heteroatoms. The number of carbonyl (C=O) groups is 1. The number of hydrogen-bond donors (Lipinski definition) is 0. The van der Waals surface area contributed by atoms with E-state index in [1.54, 1.807) is 16.7 Å². The van der Waals surface area contributed by atoms with Crippen molar-refractivity contribution < 1.29 is 4.79 Å². The van der Waals surface area contributed by atoms with Crippen LogP contribution in [0.1, 0.15) is 44.1 Å². The topological polar surface area (TPSA) is 20.3 Å². The number of nitrogens with zero attached hydrogens (tertiary/aromatic N) is 1. The highest BCUT2D eigenvalue weighted by atomic mass is 32.2. The van der Waals surface area contributed by atoms with Gasteiger partial charge in [-0.1, -0.05) is 68.2 Å². The second-order valence-corrected chi connectivity index (χ2v) is 8.95. The minimum atomic E-state index is 0.0785. The minimum absolute atomic E-state index is 0.0785. The molecule has 1 aliphatic carbocycles. The first-order valence-corrected chi connectivity index (χ1v) is 11.0. The predicted molar refractivity (Wildman–Crippen MR) is 109 cm³/mol. The van der Waals surface area contributed by atoms with Crippen LogP contribution in [0, 0.1) is 5.92 Å². The third kappa shape index (κ3) is 4.44. The van der Waals surface area contributed by atoms with Gasteiger partial charge in [-0.3, -0.25) is 9.69 Å². The van der Waals surface area contributed by atoms with Crippen molar-refractivity contribution >= 4 is 52.0 Å². The van der Waals surface area contributed by atoms with Crippen LogP contribution in [0.2, 0.25) is 0 Å². The average molecular weight is 378 g/mol. The first kappa shape index (κ1) is 18.0. The number of carbonyl (C=O) groups excluding carboxylic acids is 1. The second kappa shape index (κ2) is 8.54. The van der Waals surface area contributed by atoms with Gasteiger partial charge in [0.2, 0.25) is 0 Å². The van der Waals surface area contributed by atoms with Crippen molar-refractivity contribution in [2.45, 2.75) is 43.4 Å². The van der Waals surface area contributed by atoms with Crippen LogP contribution in [0.5, 0.6) is 0 Å². The molecule has 1 saturated carbocycles. The fourth-order valence-corrected chi connectivity index (χ4v) is 5.05. The molecule has 0 N–H and O–H groups in total. The molecule has 1 saturated heterocycles. The fraction of sp³-hybridized carbons (Fsp3) is 0.474. The Morgan fingerprint density at radius 2 is 1.96 bits per heavy atom. The van der Waals surface area contributed by atoms with E-state index in [1.807, 2.05) is 6.08 Å². The number of amides is 1. The zero-order valence-electron chi connectivity index (χ0n) is 14.0. The maximum Gasteiger partial charge on any atom is 0.266 e. The Bertz CT molecular complexity index is 633. The monoisotopic (exact) mass is 377 g/mol. The number of thioether (sulfide) groups is 2. The summed E-state index contributed by atoms with van der Waals surface area (Å²) < 4.78 is 0.711. The predicted octanol–water partition coefficient (Wildman–Crippen LogP) is 5.58. The van der Waals surface area contributed by atoms with Crippen molar-refractivity contribution in [2.75, 3.05) is 12.8 Å². The summed E-state index contributed by atoms with van der Waals surface area (Å²) in [4.78, 5) is 16.4. The van der Waals surface area contributed by atoms with Crippen molar-refractivity contribution in [3.8, 4) is 0 Å². The number of hydrogen-bond acceptors (Lipinski definition) is 4. The van der Waals surface area contributed by atoms with E-state index >= 15 is 0 Å². The van der Waals surface area contributed by atoms with Crippen LogP contribution in [0.15, 0.2) is 34.1 Å². The Labute approximate surface area is 158 Å². The average Bonchev–Trinajstić information content (AvgIpc) is 2.88. The van der Waals surface area contributed by atoms with Crippen molar-refractivity contribution in [1.29, 1.82) is 0 Å². The third-order valence-corrected chi connectivity index (χ3v) is 6.89. The molecule has 0 aromatic heterocycles. The SMILES string of the molecule is CSc1ccc(/C=C2\SC(=S)N(CCC3CCCCC3)C2=O)cc1. The summed E-state index contributed by atoms with van der Waals surface area (Å²) in [7, 11) is 0. The van der Waals surface area contributed by atoms with Gasteiger partial charge in [0.1, 0.15) is 4.32 Å². The molecule has 128 valence electrons. The van der Waals surface area contributed by atoms with Gasteiger partial charge in [0, 0.05) is 11.4 Å². The van der Waals surface area contributed by atoms with Gasteiger partial charge < -0.3 is 0 Å². The summed E-state index contributed by atoms with van der Waals surface area (Å²) in [5.74, 6) is 0.848. The van der Waals surface area contributed by atoms with E-state index in [9.17, 15) is 4.79 Å². The van der Waals surface area contributed by atoms with E-state index in [-0.39, 0.29) is 5.91 Å². The zero-order valence-corrected chi connectivity index (χ0v) is 16.4. The van der Waals surface area contributed by atoms with Crippen molar-refractivity contribution in [2.24, 2.45) is 5.92 Å². The molecule has 1 heterocycles. The lowest BCUT2D eigenvalue weighted by atomic mass is 9.87. The van der Waals surface area contributed by atoms with Gasteiger partial charge in [-0.25, -0.2) is 0 Å². The summed E-state index contributed by atoms with van der Waals surface area (Å²) in [6, 6.07) is 8.28. The van der Waals surface area contributed by atoms with Crippen LogP contribution in [0.4, 0.5) is 0 Å². The maximum absolute atomic E-state index is 12.7. The van der Waals surface area contributed by atoms with Gasteiger partial charge in [-0.2, -0.15) is 0 Å². The smallest absolute Gasteiger partial charge is 0.266 e. The van der Waals surface area contributed by atoms with Crippen LogP contribution in [-0.4, -0.2) is 27.9 Å². The lowest BCUT2D eigenvalue weighted by Crippen LogP contribution is -2.30. The lowest BCUT2D eigenvalue weighted by molar-refractivity contribution is -0.122. The Kier molecular flexibility index (Phi) is 6.42. The molecule has 24 heavy (non-hydrogen) atoms. The zero-order chi connectivity index (χ0) is 16.9. The van der Waals surface area contributed by atoms with Crippen LogP contribution < -0.4 is 0 Å². The summed E-state index contributed by atoms with van der Waals surface area (Å²) in [6.45, 7) is 0.776. The Morgan fingerprint density at radius 3 is 2.62 bits per heavy atom. The van der Waals surface area contributed by atoms with Gasteiger partial charge in [-0.15, -0.1) is 11.8 Å². The summed E-state index contributed by atoms with van der Waals surface area (Å²) in [5.41, 5.74) is 1.06. The summed E-state index contributed by atoms with van der Waals surface area (Å²) in [5, 5.41) is 0. The van der Waals surface area contributed by atoms with Crippen molar-refractivity contribution in [3.63, 3.8) is 0 Å². The molecule has 1 aromatic rings. The van der Waals surface area contributed by atoms with E-state index in [4.69, 9.17) is 12.2 Å². The molecule has 0 radical (unpaired) electrons. The normalized spacial score (nSPS) is 21.0. The summed E-state index contributed by atoms with van der Waals surface area (Å²) >= 11 is 8.60. The molecule has 1 aromatic carbocycles. The van der Waals surface area contributed by atoms with E-state index in [0.717, 1.165) is 29.4 Å². The largest absolute Gasteiger partial charge is 0.293 e. The van der Waals surface area contributed by atoms with Crippen LogP contribution in [-0.2, 0) is 4.79 Å². The molecule has 0 atom stereocenters. The molecule has 2 aliphatic rings. The van der Waals surface area contributed by atoms with Gasteiger partial charge in [0.15, 0.2) is 0 Å². The second-order valence-electron chi connectivity index (χ2n) is 6.40. The molecule has 3 rings (SSSR count). The van der Waals surface area contributed by atoms with E-state index in [2.05, 4.69) is 30.5 Å². The molecule has 0 bridgehead atoms. The molecule has 0 unspecified atom stereocenters. The van der Waals surface area contributed by atoms with Crippen LogP contribution >= 0.6 is 35.7 Å². The third-order valence-electron chi connectivity index (χ3n) is 4.77. The fourth-order valence-electron chi connectivity index (χ4n) is 3.33. The molecular formula is C19H23NOS3. The molecule has 2 nitrogen and oxygen atoms in total. The van der Waals surface area contributed by atoms with Gasteiger partial charge >= 0.3 is 0 Å². The quantitative estimate of drug-likeness (QED) is 0.379. The maximum atomic E-state index is 12.7.